The van der Waals surface area contributed by atoms with Crippen molar-refractivity contribution in [3.63, 3.8) is 0 Å². The van der Waals surface area contributed by atoms with Gasteiger partial charge in [-0.15, -0.1) is 0 Å². The van der Waals surface area contributed by atoms with Gasteiger partial charge in [-0.25, -0.2) is 22.2 Å². The fourth-order valence-corrected chi connectivity index (χ4v) is 6.40. The second kappa shape index (κ2) is 8.39. The number of benzene rings is 1. The fraction of sp³-hybridized carbons (Fsp3) is 0.476. The molecule has 1 spiro atoms. The van der Waals surface area contributed by atoms with E-state index >= 15 is 4.39 Å². The van der Waals surface area contributed by atoms with Crippen molar-refractivity contribution < 1.29 is 21.6 Å². The standard InChI is InChI=1S/C21H24ClF3N4O2S/c1-28(2)10-13-5-4-8-21(13)11-29(12-21)15-9-14(23)20(19(25)18(15)22)32(30,31)27-17-7-3-6-16(24)26-17/h3,6-7,9,13H,4-5,8,10-12H2,1-2H3,(H,26,27)/t13-/m1/s1. The van der Waals surface area contributed by atoms with Crippen molar-refractivity contribution >= 4 is 33.1 Å². The summed E-state index contributed by atoms with van der Waals surface area (Å²) < 4.78 is 70.2. The predicted molar refractivity (Wildman–Crippen MR) is 117 cm³/mol. The lowest BCUT2D eigenvalue weighted by Gasteiger charge is -2.53. The van der Waals surface area contributed by atoms with Gasteiger partial charge in [-0.3, -0.25) is 4.72 Å². The first-order chi connectivity index (χ1) is 15.0. The Hall–Kier alpha value is -2.04. The van der Waals surface area contributed by atoms with E-state index < -0.39 is 43.3 Å². The average Bonchev–Trinajstić information content (AvgIpc) is 3.06. The Morgan fingerprint density at radius 2 is 2.00 bits per heavy atom. The zero-order valence-electron chi connectivity index (χ0n) is 17.7. The van der Waals surface area contributed by atoms with E-state index in [0.717, 1.165) is 44.0 Å². The molecule has 1 saturated carbocycles. The first-order valence-corrected chi connectivity index (χ1v) is 12.1. The molecular formula is C21H24ClF3N4O2S. The lowest BCUT2D eigenvalue weighted by molar-refractivity contribution is 0.118. The maximum Gasteiger partial charge on any atom is 0.268 e. The van der Waals surface area contributed by atoms with Crippen LogP contribution < -0.4 is 9.62 Å². The molecule has 1 aliphatic heterocycles. The number of pyridine rings is 1. The Morgan fingerprint density at radius 3 is 2.66 bits per heavy atom. The third-order valence-electron chi connectivity index (χ3n) is 6.35. The summed E-state index contributed by atoms with van der Waals surface area (Å²) in [6.07, 6.45) is 3.26. The topological polar surface area (TPSA) is 65.5 Å². The van der Waals surface area contributed by atoms with Gasteiger partial charge >= 0.3 is 0 Å². The van der Waals surface area contributed by atoms with E-state index in [1.54, 1.807) is 4.90 Å². The van der Waals surface area contributed by atoms with Gasteiger partial charge < -0.3 is 9.80 Å². The number of rotatable bonds is 6. The van der Waals surface area contributed by atoms with Crippen LogP contribution in [0.1, 0.15) is 19.3 Å². The first-order valence-electron chi connectivity index (χ1n) is 10.2. The Bertz CT molecular complexity index is 1140. The number of aromatic nitrogens is 1. The van der Waals surface area contributed by atoms with Crippen LogP contribution in [0.2, 0.25) is 5.02 Å². The van der Waals surface area contributed by atoms with Crippen LogP contribution in [0.4, 0.5) is 24.7 Å². The van der Waals surface area contributed by atoms with E-state index in [-0.39, 0.29) is 11.1 Å². The fourth-order valence-electron chi connectivity index (χ4n) is 4.93. The molecule has 2 heterocycles. The summed E-state index contributed by atoms with van der Waals surface area (Å²) >= 11 is 6.17. The monoisotopic (exact) mass is 488 g/mol. The van der Waals surface area contributed by atoms with Gasteiger partial charge in [0.15, 0.2) is 10.7 Å². The number of halogens is 4. The number of nitrogens with one attached hydrogen (secondary N) is 1. The van der Waals surface area contributed by atoms with Gasteiger partial charge in [-0.1, -0.05) is 24.1 Å². The summed E-state index contributed by atoms with van der Waals surface area (Å²) in [5.41, 5.74) is 0.209. The zero-order valence-corrected chi connectivity index (χ0v) is 19.3. The van der Waals surface area contributed by atoms with Crippen LogP contribution >= 0.6 is 11.6 Å². The second-order valence-electron chi connectivity index (χ2n) is 8.86. The Labute approximate surface area is 190 Å². The van der Waals surface area contributed by atoms with Crippen molar-refractivity contribution in [3.05, 3.63) is 46.9 Å². The SMILES string of the molecule is CN(C)C[C@H]1CCCC12CN(c1cc(F)c(S(=O)(=O)Nc3cccc(F)n3)c(F)c1Cl)C2. The van der Waals surface area contributed by atoms with Crippen LogP contribution in [0.15, 0.2) is 29.2 Å². The van der Waals surface area contributed by atoms with Crippen molar-refractivity contribution in [1.82, 2.24) is 9.88 Å². The highest BCUT2D eigenvalue weighted by atomic mass is 35.5. The number of hydrogen-bond acceptors (Lipinski definition) is 5. The molecule has 1 saturated heterocycles. The van der Waals surface area contributed by atoms with Crippen LogP contribution in [0.5, 0.6) is 0 Å². The molecule has 2 aliphatic rings. The second-order valence-corrected chi connectivity index (χ2v) is 10.9. The van der Waals surface area contributed by atoms with E-state index in [1.807, 2.05) is 18.8 Å². The highest BCUT2D eigenvalue weighted by molar-refractivity contribution is 7.92. The van der Waals surface area contributed by atoms with Crippen molar-refractivity contribution in [2.24, 2.45) is 11.3 Å². The Morgan fingerprint density at radius 1 is 1.28 bits per heavy atom. The zero-order chi connectivity index (χ0) is 23.3. The number of hydrogen-bond donors (Lipinski definition) is 1. The van der Waals surface area contributed by atoms with Crippen LogP contribution in [0.25, 0.3) is 0 Å². The van der Waals surface area contributed by atoms with E-state index in [9.17, 15) is 17.2 Å². The van der Waals surface area contributed by atoms with Crippen LogP contribution in [0, 0.1) is 28.9 Å². The van der Waals surface area contributed by atoms with Crippen molar-refractivity contribution in [3.8, 4) is 0 Å². The van der Waals surface area contributed by atoms with Crippen molar-refractivity contribution in [2.45, 2.75) is 24.2 Å². The van der Waals surface area contributed by atoms with Gasteiger partial charge in [0.05, 0.1) is 5.69 Å². The normalized spacial score (nSPS) is 20.1. The molecule has 1 aromatic heterocycles. The number of sulfonamides is 1. The van der Waals surface area contributed by atoms with E-state index in [4.69, 9.17) is 11.6 Å². The molecule has 1 atom stereocenters. The van der Waals surface area contributed by atoms with Gasteiger partial charge in [-0.05, 0) is 45.0 Å². The molecule has 1 aromatic carbocycles. The summed E-state index contributed by atoms with van der Waals surface area (Å²) in [6.45, 7) is 2.17. The largest absolute Gasteiger partial charge is 0.369 e. The molecule has 2 aromatic rings. The summed E-state index contributed by atoms with van der Waals surface area (Å²) in [7, 11) is -0.678. The molecule has 0 unspecified atom stereocenters. The summed E-state index contributed by atoms with van der Waals surface area (Å²) in [5, 5.41) is -0.462. The van der Waals surface area contributed by atoms with Gasteiger partial charge in [0.2, 0.25) is 5.95 Å². The third kappa shape index (κ3) is 4.15. The summed E-state index contributed by atoms with van der Waals surface area (Å²) in [6, 6.07) is 4.34. The molecule has 1 aliphatic carbocycles. The smallest absolute Gasteiger partial charge is 0.268 e. The molecule has 0 radical (unpaired) electrons. The highest BCUT2D eigenvalue weighted by Gasteiger charge is 2.52. The lowest BCUT2D eigenvalue weighted by Crippen LogP contribution is -2.59. The highest BCUT2D eigenvalue weighted by Crippen LogP contribution is 2.52. The molecule has 11 heteroatoms. The van der Waals surface area contributed by atoms with Gasteiger partial charge in [-0.2, -0.15) is 4.39 Å². The number of nitrogens with zero attached hydrogens (tertiary/aromatic N) is 3. The van der Waals surface area contributed by atoms with Crippen molar-refractivity contribution in [2.75, 3.05) is 43.4 Å². The Balaban J connectivity index is 1.59. The van der Waals surface area contributed by atoms with Gasteiger partial charge in [0.25, 0.3) is 10.0 Å². The van der Waals surface area contributed by atoms with Gasteiger partial charge in [0.1, 0.15) is 16.7 Å². The molecule has 2 fully saturated rings. The predicted octanol–water partition coefficient (Wildman–Crippen LogP) is 4.12. The van der Waals surface area contributed by atoms with Crippen LogP contribution in [-0.4, -0.2) is 52.0 Å². The minimum absolute atomic E-state index is 0.0793. The molecule has 4 rings (SSSR count). The maximum atomic E-state index is 15.0. The molecule has 1 N–H and O–H groups in total. The van der Waals surface area contributed by atoms with Crippen molar-refractivity contribution in [1.29, 1.82) is 0 Å². The molecule has 0 bridgehead atoms. The quantitative estimate of drug-likeness (QED) is 0.489. The van der Waals surface area contributed by atoms with Crippen LogP contribution in [-0.2, 0) is 10.0 Å². The molecule has 0 amide bonds. The summed E-state index contributed by atoms with van der Waals surface area (Å²) in [5.74, 6) is -3.51. The lowest BCUT2D eigenvalue weighted by atomic mass is 9.71. The number of anilines is 2. The average molecular weight is 489 g/mol. The molecule has 32 heavy (non-hydrogen) atoms. The maximum absolute atomic E-state index is 15.0. The van der Waals surface area contributed by atoms with Gasteiger partial charge in [0, 0.05) is 31.1 Å². The third-order valence-corrected chi connectivity index (χ3v) is 8.10. The van der Waals surface area contributed by atoms with E-state index in [2.05, 4.69) is 9.88 Å². The molecule has 6 nitrogen and oxygen atoms in total. The molecular weight excluding hydrogens is 465 g/mol. The first kappa shape index (κ1) is 23.1. The minimum atomic E-state index is -4.73. The summed E-state index contributed by atoms with van der Waals surface area (Å²) in [4.78, 5) is 6.07. The van der Waals surface area contributed by atoms with Crippen LogP contribution in [0.3, 0.4) is 0 Å². The molecule has 174 valence electrons. The van der Waals surface area contributed by atoms with E-state index in [0.29, 0.717) is 19.0 Å². The Kier molecular flexibility index (Phi) is 6.06. The van der Waals surface area contributed by atoms with E-state index in [1.165, 1.54) is 6.07 Å². The minimum Gasteiger partial charge on any atom is -0.369 e.